The molecule has 0 bridgehead atoms. The first-order chi connectivity index (χ1) is 11.6. The fourth-order valence-corrected chi connectivity index (χ4v) is 3.46. The van der Waals surface area contributed by atoms with Crippen LogP contribution in [0.4, 0.5) is 0 Å². The topological polar surface area (TPSA) is 103 Å². The smallest absolute Gasteiger partial charge is 0.241 e. The van der Waals surface area contributed by atoms with E-state index in [2.05, 4.69) is 10.1 Å². The van der Waals surface area contributed by atoms with Crippen LogP contribution in [0.25, 0.3) is 0 Å². The first-order valence-electron chi connectivity index (χ1n) is 8.49. The van der Waals surface area contributed by atoms with Crippen molar-refractivity contribution in [2.24, 2.45) is 5.92 Å². The number of carbonyl (C=O) groups is 1. The minimum Gasteiger partial charge on any atom is -0.371 e. The van der Waals surface area contributed by atoms with E-state index in [1.807, 2.05) is 34.6 Å². The molecule has 0 radical (unpaired) electrons. The normalized spacial score (nSPS) is 13.4. The predicted octanol–water partition coefficient (Wildman–Crippen LogP) is 1.97. The van der Waals surface area contributed by atoms with E-state index in [1.165, 1.54) is 0 Å². The molecule has 0 aromatic carbocycles. The van der Waals surface area contributed by atoms with Crippen molar-refractivity contribution in [2.45, 2.75) is 59.4 Å². The zero-order valence-corrected chi connectivity index (χ0v) is 16.7. The second-order valence-corrected chi connectivity index (χ2v) is 8.77. The van der Waals surface area contributed by atoms with Crippen molar-refractivity contribution < 1.29 is 22.5 Å². The maximum absolute atomic E-state index is 12.4. The van der Waals surface area contributed by atoms with Crippen LogP contribution >= 0.6 is 0 Å². The van der Waals surface area contributed by atoms with Crippen LogP contribution in [0.3, 0.4) is 0 Å². The fraction of sp³-hybridized carbons (Fsp3) is 0.812. The van der Waals surface area contributed by atoms with Gasteiger partial charge in [0, 0.05) is 19.2 Å². The highest BCUT2D eigenvalue weighted by Gasteiger charge is 2.26. The van der Waals surface area contributed by atoms with Crippen molar-refractivity contribution in [1.82, 2.24) is 15.0 Å². The van der Waals surface area contributed by atoms with Crippen molar-refractivity contribution in [3.8, 4) is 0 Å². The summed E-state index contributed by atoms with van der Waals surface area (Å²) in [5.74, 6) is -0.926. The lowest BCUT2D eigenvalue weighted by Gasteiger charge is -2.28. The first kappa shape index (κ1) is 21.6. The van der Waals surface area contributed by atoms with E-state index in [4.69, 9.17) is 9.26 Å². The van der Waals surface area contributed by atoms with E-state index in [0.717, 1.165) is 0 Å². The maximum Gasteiger partial charge on any atom is 0.241 e. The molecule has 0 fully saturated rings. The van der Waals surface area contributed by atoms with Crippen molar-refractivity contribution in [3.05, 3.63) is 11.7 Å². The summed E-state index contributed by atoms with van der Waals surface area (Å²) < 4.78 is 35.0. The molecule has 1 amide bonds. The zero-order valence-electron chi connectivity index (χ0n) is 15.9. The number of amides is 1. The molecule has 1 atom stereocenters. The van der Waals surface area contributed by atoms with Gasteiger partial charge in [0.2, 0.25) is 11.8 Å². The third-order valence-corrected chi connectivity index (χ3v) is 4.83. The molecule has 1 unspecified atom stereocenters. The molecule has 1 aromatic heterocycles. The number of hydrogen-bond acceptors (Lipinski definition) is 7. The minimum atomic E-state index is -3.70. The van der Waals surface area contributed by atoms with Gasteiger partial charge in [-0.15, -0.1) is 0 Å². The molecule has 0 saturated carbocycles. The summed E-state index contributed by atoms with van der Waals surface area (Å²) in [4.78, 5) is 18.0. The molecule has 1 aromatic rings. The number of ether oxygens (including phenoxy) is 1. The molecule has 8 nitrogen and oxygen atoms in total. The fourth-order valence-electron chi connectivity index (χ4n) is 2.32. The Morgan fingerprint density at radius 1 is 1.24 bits per heavy atom. The molecule has 0 spiro atoms. The van der Waals surface area contributed by atoms with Crippen LogP contribution in [-0.4, -0.2) is 54.3 Å². The lowest BCUT2D eigenvalue weighted by molar-refractivity contribution is -0.130. The Hall–Kier alpha value is -1.48. The predicted molar refractivity (Wildman–Crippen MR) is 93.5 cm³/mol. The van der Waals surface area contributed by atoms with E-state index in [9.17, 15) is 13.2 Å². The Labute approximate surface area is 149 Å². The molecular weight excluding hydrogens is 346 g/mol. The van der Waals surface area contributed by atoms with E-state index < -0.39 is 27.3 Å². The summed E-state index contributed by atoms with van der Waals surface area (Å²) >= 11 is 0. The molecule has 0 aliphatic carbocycles. The molecular formula is C16H29N3O5S. The van der Waals surface area contributed by atoms with Crippen LogP contribution in [0.15, 0.2) is 4.52 Å². The number of carbonyl (C=O) groups excluding carboxylic acids is 1. The van der Waals surface area contributed by atoms with Crippen LogP contribution in [0, 0.1) is 5.92 Å². The molecule has 0 aliphatic heterocycles. The SMILES string of the molecule is CCOC(C)c1noc(CS(=O)(=O)CC(=O)N(CC(C)C)C(C)C)n1. The molecule has 0 aliphatic rings. The van der Waals surface area contributed by atoms with Crippen LogP contribution in [-0.2, 0) is 25.1 Å². The highest BCUT2D eigenvalue weighted by Crippen LogP contribution is 2.15. The van der Waals surface area contributed by atoms with E-state index in [-0.39, 0.29) is 24.0 Å². The summed E-state index contributed by atoms with van der Waals surface area (Å²) in [7, 11) is -3.70. The summed E-state index contributed by atoms with van der Waals surface area (Å²) in [5, 5.41) is 3.73. The molecule has 0 N–H and O–H groups in total. The van der Waals surface area contributed by atoms with Crippen molar-refractivity contribution in [2.75, 3.05) is 18.9 Å². The largest absolute Gasteiger partial charge is 0.371 e. The summed E-state index contributed by atoms with van der Waals surface area (Å²) in [6.07, 6.45) is -0.380. The molecule has 1 heterocycles. The first-order valence-corrected chi connectivity index (χ1v) is 10.3. The minimum absolute atomic E-state index is 0.0330. The quantitative estimate of drug-likeness (QED) is 0.616. The van der Waals surface area contributed by atoms with Crippen molar-refractivity contribution in [1.29, 1.82) is 0 Å². The van der Waals surface area contributed by atoms with E-state index >= 15 is 0 Å². The number of nitrogens with zero attached hydrogens (tertiary/aromatic N) is 3. The highest BCUT2D eigenvalue weighted by atomic mass is 32.2. The summed E-state index contributed by atoms with van der Waals surface area (Å²) in [6, 6.07) is -0.0628. The molecule has 9 heteroatoms. The van der Waals surface area contributed by atoms with Gasteiger partial charge < -0.3 is 14.2 Å². The molecule has 25 heavy (non-hydrogen) atoms. The van der Waals surface area contributed by atoms with Crippen LogP contribution in [0.1, 0.15) is 59.4 Å². The third-order valence-electron chi connectivity index (χ3n) is 3.46. The van der Waals surface area contributed by atoms with Gasteiger partial charge in [0.15, 0.2) is 15.7 Å². The van der Waals surface area contributed by atoms with Crippen LogP contribution < -0.4 is 0 Å². The third kappa shape index (κ3) is 7.11. The van der Waals surface area contributed by atoms with Gasteiger partial charge in [0.1, 0.15) is 17.6 Å². The Kier molecular flexibility index (Phi) is 8.01. The number of hydrogen-bond donors (Lipinski definition) is 0. The maximum atomic E-state index is 12.4. The van der Waals surface area contributed by atoms with Crippen molar-refractivity contribution in [3.63, 3.8) is 0 Å². The summed E-state index contributed by atoms with van der Waals surface area (Å²) in [6.45, 7) is 12.3. The Bertz CT molecular complexity index is 654. The second kappa shape index (κ2) is 9.28. The lowest BCUT2D eigenvalue weighted by atomic mass is 10.2. The van der Waals surface area contributed by atoms with Gasteiger partial charge in [0.25, 0.3) is 0 Å². The lowest BCUT2D eigenvalue weighted by Crippen LogP contribution is -2.42. The number of rotatable bonds is 10. The monoisotopic (exact) mass is 375 g/mol. The average Bonchev–Trinajstić information content (AvgIpc) is 2.91. The van der Waals surface area contributed by atoms with Crippen LogP contribution in [0.2, 0.25) is 0 Å². The van der Waals surface area contributed by atoms with Gasteiger partial charge in [-0.3, -0.25) is 4.79 Å². The summed E-state index contributed by atoms with van der Waals surface area (Å²) in [5.41, 5.74) is 0. The Morgan fingerprint density at radius 2 is 1.88 bits per heavy atom. The van der Waals surface area contributed by atoms with E-state index in [1.54, 1.807) is 11.8 Å². The number of sulfone groups is 1. The number of aromatic nitrogens is 2. The van der Waals surface area contributed by atoms with Gasteiger partial charge >= 0.3 is 0 Å². The second-order valence-electron chi connectivity index (χ2n) is 6.71. The van der Waals surface area contributed by atoms with E-state index in [0.29, 0.717) is 19.0 Å². The standard InChI is InChI=1S/C16H29N3O5S/c1-7-23-13(6)16-17-14(24-18-16)9-25(21,22)10-15(20)19(12(4)5)8-11(2)3/h11-13H,7-10H2,1-6H3. The van der Waals surface area contributed by atoms with Gasteiger partial charge in [-0.25, -0.2) is 8.42 Å². The van der Waals surface area contributed by atoms with Gasteiger partial charge in [-0.2, -0.15) is 4.98 Å². The Balaban J connectivity index is 2.76. The van der Waals surface area contributed by atoms with Crippen LogP contribution in [0.5, 0.6) is 0 Å². The van der Waals surface area contributed by atoms with Gasteiger partial charge in [0.05, 0.1) is 0 Å². The molecule has 1 rings (SSSR count). The van der Waals surface area contributed by atoms with Crippen molar-refractivity contribution >= 4 is 15.7 Å². The zero-order chi connectivity index (χ0) is 19.2. The van der Waals surface area contributed by atoms with Gasteiger partial charge in [-0.1, -0.05) is 19.0 Å². The molecule has 144 valence electrons. The van der Waals surface area contributed by atoms with Gasteiger partial charge in [-0.05, 0) is 33.6 Å². The highest BCUT2D eigenvalue weighted by molar-refractivity contribution is 7.91. The Morgan fingerprint density at radius 3 is 2.40 bits per heavy atom. The average molecular weight is 375 g/mol. The molecule has 0 saturated heterocycles.